The van der Waals surface area contributed by atoms with Crippen molar-refractivity contribution in [2.24, 2.45) is 5.73 Å². The number of carbonyl (C=O) groups is 2. The van der Waals surface area contributed by atoms with Crippen LogP contribution < -0.4 is 11.1 Å². The lowest BCUT2D eigenvalue weighted by atomic mass is 9.87. The van der Waals surface area contributed by atoms with Crippen molar-refractivity contribution in [3.8, 4) is 0 Å². The molecule has 0 radical (unpaired) electrons. The van der Waals surface area contributed by atoms with Crippen LogP contribution in [-0.2, 0) is 9.53 Å². The van der Waals surface area contributed by atoms with Crippen LogP contribution in [0.3, 0.4) is 0 Å². The standard InChI is InChI=1S/C16H30N4O3/c1-2-3-4-8-19-9-5-16(6-10-19)14(21)20(15(22)18-16)11-13-23-12-7-17/h2-13,17H2,1H3,(H,18,22). The van der Waals surface area contributed by atoms with Gasteiger partial charge in [-0.25, -0.2) is 4.79 Å². The average Bonchev–Trinajstić information content (AvgIpc) is 2.77. The third-order valence-electron chi connectivity index (χ3n) is 4.75. The number of nitrogens with two attached hydrogens (primary N) is 1. The normalized spacial score (nSPS) is 21.2. The largest absolute Gasteiger partial charge is 0.378 e. The Bertz CT molecular complexity index is 408. The Kier molecular flexibility index (Phi) is 6.80. The molecule has 0 atom stereocenters. The number of unbranched alkanes of at least 4 members (excludes halogenated alkanes) is 2. The van der Waals surface area contributed by atoms with Crippen molar-refractivity contribution in [3.05, 3.63) is 0 Å². The van der Waals surface area contributed by atoms with Gasteiger partial charge in [-0.3, -0.25) is 9.69 Å². The Morgan fingerprint density at radius 1 is 1.17 bits per heavy atom. The Hall–Kier alpha value is -1.18. The van der Waals surface area contributed by atoms with Crippen LogP contribution in [0.1, 0.15) is 39.0 Å². The molecule has 1 spiro atoms. The average molecular weight is 326 g/mol. The van der Waals surface area contributed by atoms with Gasteiger partial charge in [0.25, 0.3) is 5.91 Å². The van der Waals surface area contributed by atoms with Crippen molar-refractivity contribution in [3.63, 3.8) is 0 Å². The lowest BCUT2D eigenvalue weighted by Gasteiger charge is -2.37. The van der Waals surface area contributed by atoms with Gasteiger partial charge in [-0.1, -0.05) is 19.8 Å². The second-order valence-corrected chi connectivity index (χ2v) is 6.42. The minimum Gasteiger partial charge on any atom is -0.378 e. The van der Waals surface area contributed by atoms with E-state index in [-0.39, 0.29) is 11.9 Å². The summed E-state index contributed by atoms with van der Waals surface area (Å²) in [5.74, 6) is -0.0907. The number of imide groups is 1. The number of hydrogen-bond acceptors (Lipinski definition) is 5. The predicted octanol–water partition coefficient (Wildman–Crippen LogP) is 0.538. The lowest BCUT2D eigenvalue weighted by Crippen LogP contribution is -2.55. The highest BCUT2D eigenvalue weighted by Gasteiger charge is 2.51. The van der Waals surface area contributed by atoms with Crippen molar-refractivity contribution in [2.75, 3.05) is 45.9 Å². The molecule has 0 saturated carbocycles. The van der Waals surface area contributed by atoms with Crippen molar-refractivity contribution in [1.82, 2.24) is 15.1 Å². The number of piperidine rings is 1. The second kappa shape index (κ2) is 8.61. The summed E-state index contributed by atoms with van der Waals surface area (Å²) in [5.41, 5.74) is 4.67. The molecule has 2 aliphatic rings. The van der Waals surface area contributed by atoms with Gasteiger partial charge < -0.3 is 20.7 Å². The monoisotopic (exact) mass is 326 g/mol. The van der Waals surface area contributed by atoms with E-state index in [1.807, 2.05) is 0 Å². The number of nitrogens with zero attached hydrogens (tertiary/aromatic N) is 2. The maximum atomic E-state index is 12.7. The molecule has 0 bridgehead atoms. The molecule has 2 heterocycles. The van der Waals surface area contributed by atoms with E-state index in [1.165, 1.54) is 24.2 Å². The number of urea groups is 1. The Morgan fingerprint density at radius 2 is 1.91 bits per heavy atom. The number of nitrogens with one attached hydrogen (secondary N) is 1. The summed E-state index contributed by atoms with van der Waals surface area (Å²) >= 11 is 0. The first-order valence-corrected chi connectivity index (χ1v) is 8.77. The topological polar surface area (TPSA) is 87.9 Å². The highest BCUT2D eigenvalue weighted by Crippen LogP contribution is 2.29. The van der Waals surface area contributed by atoms with E-state index >= 15 is 0 Å². The van der Waals surface area contributed by atoms with E-state index in [2.05, 4.69) is 17.1 Å². The molecule has 0 aromatic rings. The summed E-state index contributed by atoms with van der Waals surface area (Å²) < 4.78 is 5.28. The fraction of sp³-hybridized carbons (Fsp3) is 0.875. The highest BCUT2D eigenvalue weighted by atomic mass is 16.5. The fourth-order valence-corrected chi connectivity index (χ4v) is 3.30. The fourth-order valence-electron chi connectivity index (χ4n) is 3.30. The van der Waals surface area contributed by atoms with Crippen LogP contribution in [0, 0.1) is 0 Å². The summed E-state index contributed by atoms with van der Waals surface area (Å²) in [6.45, 7) is 6.55. The molecule has 7 nitrogen and oxygen atoms in total. The highest BCUT2D eigenvalue weighted by molar-refractivity contribution is 6.07. The molecule has 3 amide bonds. The first-order chi connectivity index (χ1) is 11.1. The van der Waals surface area contributed by atoms with Gasteiger partial charge in [0, 0.05) is 19.6 Å². The number of ether oxygens (including phenoxy) is 1. The first kappa shape index (κ1) is 18.2. The number of hydrogen-bond donors (Lipinski definition) is 2. The van der Waals surface area contributed by atoms with E-state index in [0.29, 0.717) is 39.1 Å². The van der Waals surface area contributed by atoms with Crippen molar-refractivity contribution < 1.29 is 14.3 Å². The second-order valence-electron chi connectivity index (χ2n) is 6.42. The molecule has 0 aromatic carbocycles. The summed E-state index contributed by atoms with van der Waals surface area (Å²) in [4.78, 5) is 28.5. The molecule has 2 fully saturated rings. The minimum absolute atomic E-state index is 0.0907. The van der Waals surface area contributed by atoms with E-state index in [9.17, 15) is 9.59 Å². The predicted molar refractivity (Wildman–Crippen MR) is 88.0 cm³/mol. The zero-order valence-electron chi connectivity index (χ0n) is 14.2. The van der Waals surface area contributed by atoms with E-state index < -0.39 is 5.54 Å². The van der Waals surface area contributed by atoms with Gasteiger partial charge >= 0.3 is 6.03 Å². The van der Waals surface area contributed by atoms with Crippen LogP contribution in [0.2, 0.25) is 0 Å². The summed E-state index contributed by atoms with van der Waals surface area (Å²) in [5, 5.41) is 2.93. The molecular formula is C16H30N4O3. The van der Waals surface area contributed by atoms with Crippen LogP contribution in [0.15, 0.2) is 0 Å². The van der Waals surface area contributed by atoms with Crippen LogP contribution in [0.4, 0.5) is 4.79 Å². The van der Waals surface area contributed by atoms with Crippen molar-refractivity contribution in [1.29, 1.82) is 0 Å². The summed E-state index contributed by atoms with van der Waals surface area (Å²) in [7, 11) is 0. The van der Waals surface area contributed by atoms with Gasteiger partial charge in [-0.15, -0.1) is 0 Å². The third-order valence-corrected chi connectivity index (χ3v) is 4.75. The zero-order valence-corrected chi connectivity index (χ0v) is 14.2. The molecule has 2 aliphatic heterocycles. The van der Waals surface area contributed by atoms with E-state index in [4.69, 9.17) is 10.5 Å². The van der Waals surface area contributed by atoms with Crippen molar-refractivity contribution >= 4 is 11.9 Å². The molecule has 132 valence electrons. The summed E-state index contributed by atoms with van der Waals surface area (Å²) in [6, 6.07) is -0.286. The quantitative estimate of drug-likeness (QED) is 0.477. The molecule has 3 N–H and O–H groups in total. The van der Waals surface area contributed by atoms with E-state index in [1.54, 1.807) is 0 Å². The third kappa shape index (κ3) is 4.43. The minimum atomic E-state index is -0.688. The van der Waals surface area contributed by atoms with Gasteiger partial charge in [0.15, 0.2) is 0 Å². The molecule has 7 heteroatoms. The first-order valence-electron chi connectivity index (χ1n) is 8.77. The number of carbonyl (C=O) groups excluding carboxylic acids is 2. The van der Waals surface area contributed by atoms with Gasteiger partial charge in [0.05, 0.1) is 19.8 Å². The van der Waals surface area contributed by atoms with Crippen molar-refractivity contribution in [2.45, 2.75) is 44.6 Å². The molecule has 0 unspecified atom stereocenters. The Morgan fingerprint density at radius 3 is 2.57 bits per heavy atom. The molecule has 23 heavy (non-hydrogen) atoms. The van der Waals surface area contributed by atoms with E-state index in [0.717, 1.165) is 19.6 Å². The number of rotatable bonds is 9. The molecule has 0 aromatic heterocycles. The molecule has 0 aliphatic carbocycles. The Labute approximate surface area is 138 Å². The number of amides is 3. The lowest BCUT2D eigenvalue weighted by molar-refractivity contribution is -0.133. The smallest absolute Gasteiger partial charge is 0.325 e. The molecule has 2 saturated heterocycles. The van der Waals surface area contributed by atoms with Gasteiger partial charge in [-0.2, -0.15) is 0 Å². The van der Waals surface area contributed by atoms with Gasteiger partial charge in [-0.05, 0) is 25.8 Å². The van der Waals surface area contributed by atoms with Gasteiger partial charge in [0.2, 0.25) is 0 Å². The van der Waals surface area contributed by atoms with Gasteiger partial charge in [0.1, 0.15) is 5.54 Å². The summed E-state index contributed by atoms with van der Waals surface area (Å²) in [6.07, 6.45) is 5.06. The van der Waals surface area contributed by atoms with Crippen LogP contribution in [0.25, 0.3) is 0 Å². The Balaban J connectivity index is 1.82. The maximum Gasteiger partial charge on any atom is 0.325 e. The molecular weight excluding hydrogens is 296 g/mol. The number of likely N-dealkylation sites (tertiary alicyclic amines) is 1. The molecule has 2 rings (SSSR count). The van der Waals surface area contributed by atoms with Crippen LogP contribution in [-0.4, -0.2) is 73.2 Å². The SMILES string of the molecule is CCCCCN1CCC2(CC1)NC(=O)N(CCOCCN)C2=O. The van der Waals surface area contributed by atoms with Crippen LogP contribution >= 0.6 is 0 Å². The zero-order chi connectivity index (χ0) is 16.7. The van der Waals surface area contributed by atoms with Crippen LogP contribution in [0.5, 0.6) is 0 Å². The maximum absolute atomic E-state index is 12.7.